The summed E-state index contributed by atoms with van der Waals surface area (Å²) >= 11 is 0. The van der Waals surface area contributed by atoms with Crippen LogP contribution in [0.5, 0.6) is 0 Å². The van der Waals surface area contributed by atoms with Crippen LogP contribution < -0.4 is 5.32 Å². The molecule has 2 N–H and O–H groups in total. The highest BCUT2D eigenvalue weighted by Gasteiger charge is 2.56. The number of benzene rings is 2. The topological polar surface area (TPSA) is 128 Å². The van der Waals surface area contributed by atoms with E-state index in [-0.39, 0.29) is 29.6 Å². The van der Waals surface area contributed by atoms with Crippen molar-refractivity contribution in [2.45, 2.75) is 45.6 Å². The summed E-state index contributed by atoms with van der Waals surface area (Å²) < 4.78 is 25.8. The fraction of sp³-hybridized carbons (Fsp3) is 0.423. The molecule has 2 heterocycles. The molecule has 2 aromatic carbocycles. The number of nitro benzene ring substituents is 1. The van der Waals surface area contributed by atoms with E-state index in [9.17, 15) is 24.6 Å². The number of rotatable bonds is 6. The van der Waals surface area contributed by atoms with E-state index in [0.29, 0.717) is 17.7 Å². The summed E-state index contributed by atoms with van der Waals surface area (Å²) in [7, 11) is -3.92. The first-order valence-corrected chi connectivity index (χ1v) is 13.3. The van der Waals surface area contributed by atoms with Gasteiger partial charge in [0, 0.05) is 29.2 Å². The smallest absolute Gasteiger partial charge is 0.359 e. The molecule has 10 heteroatoms. The lowest BCUT2D eigenvalue weighted by molar-refractivity contribution is -0.384. The monoisotopic (exact) mass is 514 g/mol. The Balaban J connectivity index is 1.91. The molecule has 3 atom stereocenters. The van der Waals surface area contributed by atoms with Crippen molar-refractivity contribution in [3.05, 3.63) is 86.8 Å². The Hall–Kier alpha value is -3.00. The number of aliphatic carboxylic acids is 1. The molecule has 0 bridgehead atoms. The van der Waals surface area contributed by atoms with Gasteiger partial charge in [-0.15, -0.1) is 0 Å². The van der Waals surface area contributed by atoms with Crippen LogP contribution in [0.1, 0.15) is 44.7 Å². The van der Waals surface area contributed by atoms with E-state index in [1.54, 1.807) is 13.0 Å². The van der Waals surface area contributed by atoms with E-state index in [1.807, 2.05) is 51.1 Å². The third kappa shape index (κ3) is 4.96. The zero-order valence-corrected chi connectivity index (χ0v) is 21.7. The van der Waals surface area contributed by atoms with Gasteiger partial charge in [0.05, 0.1) is 34.9 Å². The molecule has 36 heavy (non-hydrogen) atoms. The molecule has 2 aliphatic rings. The van der Waals surface area contributed by atoms with Crippen molar-refractivity contribution in [2.24, 2.45) is 11.3 Å². The normalized spacial score (nSPS) is 27.2. The van der Waals surface area contributed by atoms with Crippen LogP contribution in [0, 0.1) is 21.4 Å². The van der Waals surface area contributed by atoms with Crippen molar-refractivity contribution < 1.29 is 28.4 Å². The van der Waals surface area contributed by atoms with E-state index in [0.717, 1.165) is 5.56 Å². The van der Waals surface area contributed by atoms with Gasteiger partial charge in [-0.3, -0.25) is 19.5 Å². The van der Waals surface area contributed by atoms with E-state index in [2.05, 4.69) is 5.32 Å². The molecule has 0 saturated carbocycles. The van der Waals surface area contributed by atoms with Crippen LogP contribution >= 0.6 is 7.60 Å². The standard InChI is InChI=1S/C26H31N2O7P/c1-17-23(36(33)34-15-25(2,3)16-35-36)21(19-11-8-12-20(13-19)28(31)32)22(24(29)30)26(4,27-17)14-18-9-6-5-7-10-18/h5-13,21-22,27H,14-16H2,1-4H3,(H,29,30). The maximum atomic E-state index is 14.2. The second kappa shape index (κ2) is 9.47. The Kier molecular flexibility index (Phi) is 6.86. The van der Waals surface area contributed by atoms with E-state index in [4.69, 9.17) is 9.05 Å². The first kappa shape index (κ1) is 26.1. The second-order valence-electron chi connectivity index (χ2n) is 10.6. The SMILES string of the molecule is CC1=C(P2(=O)OCC(C)(C)CO2)C(c2cccc([N+](=O)[O-])c2)C(C(=O)O)C(C)(Cc2ccccc2)N1. The van der Waals surface area contributed by atoms with Crippen molar-refractivity contribution in [3.63, 3.8) is 0 Å². The highest BCUT2D eigenvalue weighted by molar-refractivity contribution is 7.58. The fourth-order valence-electron chi connectivity index (χ4n) is 5.21. The highest BCUT2D eigenvalue weighted by atomic mass is 31.2. The average Bonchev–Trinajstić information content (AvgIpc) is 2.81. The zero-order chi connectivity index (χ0) is 26.3. The Morgan fingerprint density at radius 3 is 2.36 bits per heavy atom. The van der Waals surface area contributed by atoms with Crippen molar-refractivity contribution >= 4 is 19.3 Å². The van der Waals surface area contributed by atoms with Crippen LogP contribution in [-0.2, 0) is 24.8 Å². The summed E-state index contributed by atoms with van der Waals surface area (Å²) in [6, 6.07) is 15.3. The Morgan fingerprint density at radius 2 is 1.78 bits per heavy atom. The van der Waals surface area contributed by atoms with Crippen molar-refractivity contribution in [1.82, 2.24) is 5.32 Å². The molecule has 9 nitrogen and oxygen atoms in total. The predicted octanol–water partition coefficient (Wildman–Crippen LogP) is 5.48. The van der Waals surface area contributed by atoms with Gasteiger partial charge >= 0.3 is 13.6 Å². The molecule has 2 aliphatic heterocycles. The number of carboxylic acid groups (broad SMARTS) is 1. The first-order valence-electron chi connectivity index (χ1n) is 11.7. The molecule has 2 aromatic rings. The fourth-order valence-corrected chi connectivity index (χ4v) is 7.71. The number of allylic oxidation sites excluding steroid dienone is 2. The van der Waals surface area contributed by atoms with Crippen molar-refractivity contribution in [2.75, 3.05) is 13.2 Å². The quantitative estimate of drug-likeness (QED) is 0.295. The highest BCUT2D eigenvalue weighted by Crippen LogP contribution is 2.67. The molecule has 0 amide bonds. The number of non-ortho nitro benzene ring substituents is 1. The van der Waals surface area contributed by atoms with Crippen LogP contribution in [0.4, 0.5) is 5.69 Å². The molecule has 3 unspecified atom stereocenters. The van der Waals surface area contributed by atoms with Crippen molar-refractivity contribution in [1.29, 1.82) is 0 Å². The van der Waals surface area contributed by atoms with E-state index >= 15 is 0 Å². The van der Waals surface area contributed by atoms with E-state index < -0.39 is 35.9 Å². The molecular weight excluding hydrogens is 483 g/mol. The van der Waals surface area contributed by atoms with Gasteiger partial charge < -0.3 is 19.5 Å². The lowest BCUT2D eigenvalue weighted by Gasteiger charge is -2.48. The molecule has 1 fully saturated rings. The van der Waals surface area contributed by atoms with Gasteiger partial charge in [-0.1, -0.05) is 56.3 Å². The number of hydrogen-bond acceptors (Lipinski definition) is 7. The molecule has 1 saturated heterocycles. The second-order valence-corrected chi connectivity index (χ2v) is 12.6. The molecule has 0 aliphatic carbocycles. The van der Waals surface area contributed by atoms with Gasteiger partial charge in [0.2, 0.25) is 0 Å². The maximum Gasteiger partial charge on any atom is 0.359 e. The average molecular weight is 515 g/mol. The minimum Gasteiger partial charge on any atom is -0.481 e. The third-order valence-electron chi connectivity index (χ3n) is 6.84. The van der Waals surface area contributed by atoms with Gasteiger partial charge in [0.25, 0.3) is 5.69 Å². The summed E-state index contributed by atoms with van der Waals surface area (Å²) in [5.74, 6) is -3.23. The van der Waals surface area contributed by atoms with E-state index in [1.165, 1.54) is 18.2 Å². The number of carbonyl (C=O) groups is 1. The molecule has 0 aromatic heterocycles. The summed E-state index contributed by atoms with van der Waals surface area (Å²) in [6.07, 6.45) is 0.361. The minimum atomic E-state index is -3.92. The first-order chi connectivity index (χ1) is 16.9. The number of nitrogens with one attached hydrogen (secondary N) is 1. The maximum absolute atomic E-state index is 14.2. The molecule has 0 spiro atoms. The van der Waals surface area contributed by atoms with Crippen LogP contribution in [-0.4, -0.2) is 34.8 Å². The Bertz CT molecular complexity index is 1250. The van der Waals surface area contributed by atoms with Gasteiger partial charge in [-0.05, 0) is 31.4 Å². The summed E-state index contributed by atoms with van der Waals surface area (Å²) in [6.45, 7) is 7.72. The third-order valence-corrected chi connectivity index (χ3v) is 8.98. The Labute approximate surface area is 210 Å². The summed E-state index contributed by atoms with van der Waals surface area (Å²) in [4.78, 5) is 24.0. The zero-order valence-electron chi connectivity index (χ0n) is 20.8. The largest absolute Gasteiger partial charge is 0.481 e. The lowest BCUT2D eigenvalue weighted by atomic mass is 9.68. The Morgan fingerprint density at radius 1 is 1.14 bits per heavy atom. The molecule has 4 rings (SSSR count). The molecule has 192 valence electrons. The lowest BCUT2D eigenvalue weighted by Crippen LogP contribution is -2.58. The van der Waals surface area contributed by atoms with Gasteiger partial charge in [-0.2, -0.15) is 0 Å². The number of carboxylic acids is 1. The van der Waals surface area contributed by atoms with Gasteiger partial charge in [0.15, 0.2) is 0 Å². The van der Waals surface area contributed by atoms with Crippen molar-refractivity contribution in [3.8, 4) is 0 Å². The summed E-state index contributed by atoms with van der Waals surface area (Å²) in [5, 5.41) is 25.7. The number of hydrogen-bond donors (Lipinski definition) is 2. The summed E-state index contributed by atoms with van der Waals surface area (Å²) in [5.41, 5.74) is 0.238. The van der Waals surface area contributed by atoms with Crippen LogP contribution in [0.15, 0.2) is 65.6 Å². The van der Waals surface area contributed by atoms with Crippen LogP contribution in [0.3, 0.4) is 0 Å². The predicted molar refractivity (Wildman–Crippen MR) is 135 cm³/mol. The van der Waals surface area contributed by atoms with Crippen LogP contribution in [0.2, 0.25) is 0 Å². The molecule has 0 radical (unpaired) electrons. The minimum absolute atomic E-state index is 0.168. The molecular formula is C26H31N2O7P. The van der Waals surface area contributed by atoms with Crippen LogP contribution in [0.25, 0.3) is 0 Å². The number of nitro groups is 1. The van der Waals surface area contributed by atoms with Gasteiger partial charge in [-0.25, -0.2) is 0 Å². The van der Waals surface area contributed by atoms with Gasteiger partial charge in [0.1, 0.15) is 0 Å². The number of nitrogens with zero attached hydrogens (tertiary/aromatic N) is 1.